The van der Waals surface area contributed by atoms with Gasteiger partial charge in [-0.25, -0.2) is 0 Å². The van der Waals surface area contributed by atoms with Crippen LogP contribution in [0, 0.1) is 11.8 Å². The summed E-state index contributed by atoms with van der Waals surface area (Å²) in [6.07, 6.45) is 9.36. The molecule has 0 saturated heterocycles. The highest BCUT2D eigenvalue weighted by molar-refractivity contribution is 5.64. The molecule has 0 heterocycles. The average molecular weight is 182 g/mol. The zero-order valence-corrected chi connectivity index (χ0v) is 9.12. The van der Waals surface area contributed by atoms with E-state index in [1.54, 1.807) is 6.08 Å². The summed E-state index contributed by atoms with van der Waals surface area (Å²) in [6, 6.07) is 0. The number of rotatable bonds is 7. The van der Waals surface area contributed by atoms with Crippen LogP contribution in [0.15, 0.2) is 12.2 Å². The Morgan fingerprint density at radius 2 is 1.85 bits per heavy atom. The predicted molar refractivity (Wildman–Crippen MR) is 57.7 cm³/mol. The lowest BCUT2D eigenvalue weighted by Gasteiger charge is -2.09. The minimum absolute atomic E-state index is 0.718. The van der Waals surface area contributed by atoms with E-state index in [2.05, 4.69) is 20.8 Å². The lowest BCUT2D eigenvalue weighted by Crippen LogP contribution is -1.95. The molecule has 0 saturated carbocycles. The molecular formula is C12H22O. The molecule has 0 spiro atoms. The molecule has 0 amide bonds. The molecule has 0 fully saturated rings. The molecule has 0 bridgehead atoms. The lowest BCUT2D eigenvalue weighted by molar-refractivity contribution is -0.104. The van der Waals surface area contributed by atoms with Gasteiger partial charge in [-0.15, -0.1) is 0 Å². The van der Waals surface area contributed by atoms with Crippen molar-refractivity contribution in [1.82, 2.24) is 0 Å². The molecule has 76 valence electrons. The van der Waals surface area contributed by atoms with Crippen molar-refractivity contribution in [2.45, 2.75) is 46.5 Å². The number of hydrogen-bond acceptors (Lipinski definition) is 1. The second-order valence-corrected chi connectivity index (χ2v) is 4.23. The number of aldehydes is 1. The third-order valence-electron chi connectivity index (χ3n) is 2.23. The molecule has 0 aromatic rings. The van der Waals surface area contributed by atoms with Gasteiger partial charge in [0.25, 0.3) is 0 Å². The van der Waals surface area contributed by atoms with E-state index in [1.807, 2.05) is 6.08 Å². The zero-order chi connectivity index (χ0) is 10.1. The molecule has 1 nitrogen and oxygen atoms in total. The normalized spacial score (nSPS) is 13.8. The highest BCUT2D eigenvalue weighted by Gasteiger charge is 2.00. The fraction of sp³-hybridized carbons (Fsp3) is 0.750. The van der Waals surface area contributed by atoms with Crippen molar-refractivity contribution >= 4 is 6.29 Å². The molecule has 0 aliphatic heterocycles. The molecule has 0 unspecified atom stereocenters. The fourth-order valence-electron chi connectivity index (χ4n) is 1.36. The van der Waals surface area contributed by atoms with Crippen molar-refractivity contribution in [2.75, 3.05) is 0 Å². The quantitative estimate of drug-likeness (QED) is 0.434. The monoisotopic (exact) mass is 182 g/mol. The molecule has 0 N–H and O–H groups in total. The van der Waals surface area contributed by atoms with Gasteiger partial charge in [0.2, 0.25) is 0 Å². The number of carbonyl (C=O) groups excluding carboxylic acids is 1. The molecule has 0 radical (unpaired) electrons. The minimum Gasteiger partial charge on any atom is -0.299 e. The molecule has 0 aromatic carbocycles. The van der Waals surface area contributed by atoms with E-state index in [1.165, 1.54) is 19.3 Å². The molecule has 0 aromatic heterocycles. The topological polar surface area (TPSA) is 17.1 Å². The summed E-state index contributed by atoms with van der Waals surface area (Å²) in [7, 11) is 0. The summed E-state index contributed by atoms with van der Waals surface area (Å²) in [4.78, 5) is 10.0. The van der Waals surface area contributed by atoms with E-state index < -0.39 is 0 Å². The van der Waals surface area contributed by atoms with Gasteiger partial charge in [0.05, 0.1) is 0 Å². The van der Waals surface area contributed by atoms with E-state index in [9.17, 15) is 4.79 Å². The number of hydrogen-bond donors (Lipinski definition) is 0. The maximum atomic E-state index is 10.0. The van der Waals surface area contributed by atoms with Crippen LogP contribution in [0.3, 0.4) is 0 Å². The molecule has 1 heteroatoms. The van der Waals surface area contributed by atoms with E-state index in [0.29, 0.717) is 0 Å². The van der Waals surface area contributed by atoms with Gasteiger partial charge >= 0.3 is 0 Å². The minimum atomic E-state index is 0.718. The Bertz CT molecular complexity index is 147. The van der Waals surface area contributed by atoms with Gasteiger partial charge in [-0.2, -0.15) is 0 Å². The van der Waals surface area contributed by atoms with Crippen molar-refractivity contribution in [3.8, 4) is 0 Å². The van der Waals surface area contributed by atoms with Crippen molar-refractivity contribution in [3.05, 3.63) is 12.2 Å². The first kappa shape index (κ1) is 12.4. The molecule has 0 aliphatic carbocycles. The highest BCUT2D eigenvalue weighted by atomic mass is 16.1. The molecule has 0 aliphatic rings. The van der Waals surface area contributed by atoms with Crippen LogP contribution in [0.4, 0.5) is 0 Å². The van der Waals surface area contributed by atoms with Gasteiger partial charge in [0.15, 0.2) is 0 Å². The van der Waals surface area contributed by atoms with Gasteiger partial charge in [0, 0.05) is 0 Å². The Kier molecular flexibility index (Phi) is 7.66. The smallest absolute Gasteiger partial charge is 0.142 e. The van der Waals surface area contributed by atoms with Gasteiger partial charge in [-0.3, -0.25) is 4.79 Å². The van der Waals surface area contributed by atoms with Gasteiger partial charge < -0.3 is 0 Å². The van der Waals surface area contributed by atoms with Crippen molar-refractivity contribution < 1.29 is 4.79 Å². The van der Waals surface area contributed by atoms with Crippen LogP contribution < -0.4 is 0 Å². The lowest BCUT2D eigenvalue weighted by atomic mass is 9.97. The SMILES string of the molecule is CC(C)CCC[C@@H](C)C/C=C\C=O. The van der Waals surface area contributed by atoms with Crippen molar-refractivity contribution in [2.24, 2.45) is 11.8 Å². The summed E-state index contributed by atoms with van der Waals surface area (Å²) >= 11 is 0. The van der Waals surface area contributed by atoms with Crippen LogP contribution >= 0.6 is 0 Å². The Balaban J connectivity index is 3.34. The van der Waals surface area contributed by atoms with E-state index in [0.717, 1.165) is 24.5 Å². The number of carbonyl (C=O) groups is 1. The third kappa shape index (κ3) is 9.32. The molecule has 13 heavy (non-hydrogen) atoms. The second-order valence-electron chi connectivity index (χ2n) is 4.23. The Morgan fingerprint density at radius 3 is 2.38 bits per heavy atom. The molecule has 1 atom stereocenters. The van der Waals surface area contributed by atoms with Gasteiger partial charge in [-0.1, -0.05) is 46.1 Å². The van der Waals surface area contributed by atoms with E-state index >= 15 is 0 Å². The van der Waals surface area contributed by atoms with Crippen molar-refractivity contribution in [3.63, 3.8) is 0 Å². The Morgan fingerprint density at radius 1 is 1.15 bits per heavy atom. The predicted octanol–water partition coefficient (Wildman–Crippen LogP) is 3.59. The second kappa shape index (κ2) is 8.03. The summed E-state index contributed by atoms with van der Waals surface area (Å²) in [6.45, 7) is 6.77. The summed E-state index contributed by atoms with van der Waals surface area (Å²) in [5.41, 5.74) is 0. The summed E-state index contributed by atoms with van der Waals surface area (Å²) in [5.74, 6) is 1.53. The first-order chi connectivity index (χ1) is 6.16. The first-order valence-electron chi connectivity index (χ1n) is 5.27. The maximum absolute atomic E-state index is 10.0. The third-order valence-corrected chi connectivity index (χ3v) is 2.23. The number of allylic oxidation sites excluding steroid dienone is 2. The van der Waals surface area contributed by atoms with Crippen LogP contribution in [-0.2, 0) is 4.79 Å². The van der Waals surface area contributed by atoms with Crippen LogP contribution in [0.2, 0.25) is 0 Å². The van der Waals surface area contributed by atoms with Gasteiger partial charge in [-0.05, 0) is 24.3 Å². The first-order valence-corrected chi connectivity index (χ1v) is 5.27. The Labute approximate surface area is 82.2 Å². The largest absolute Gasteiger partial charge is 0.299 e. The van der Waals surface area contributed by atoms with Crippen LogP contribution in [0.5, 0.6) is 0 Å². The summed E-state index contributed by atoms with van der Waals surface area (Å²) in [5, 5.41) is 0. The standard InChI is InChI=1S/C12H22O/c1-11(2)7-6-9-12(3)8-4-5-10-13/h4-5,10-12H,6-9H2,1-3H3/b5-4-/t12-/m0/s1. The van der Waals surface area contributed by atoms with Crippen molar-refractivity contribution in [1.29, 1.82) is 0 Å². The van der Waals surface area contributed by atoms with E-state index in [4.69, 9.17) is 0 Å². The fourth-order valence-corrected chi connectivity index (χ4v) is 1.36. The zero-order valence-electron chi connectivity index (χ0n) is 9.12. The van der Waals surface area contributed by atoms with Crippen LogP contribution in [-0.4, -0.2) is 6.29 Å². The summed E-state index contributed by atoms with van der Waals surface area (Å²) < 4.78 is 0. The maximum Gasteiger partial charge on any atom is 0.142 e. The van der Waals surface area contributed by atoms with Crippen LogP contribution in [0.25, 0.3) is 0 Å². The highest BCUT2D eigenvalue weighted by Crippen LogP contribution is 2.15. The van der Waals surface area contributed by atoms with Crippen LogP contribution in [0.1, 0.15) is 46.5 Å². The average Bonchev–Trinajstić information content (AvgIpc) is 2.04. The van der Waals surface area contributed by atoms with E-state index in [-0.39, 0.29) is 0 Å². The Hall–Kier alpha value is -0.590. The van der Waals surface area contributed by atoms with Gasteiger partial charge in [0.1, 0.15) is 6.29 Å². The molecule has 0 rings (SSSR count). The molecular weight excluding hydrogens is 160 g/mol.